The Morgan fingerprint density at radius 1 is 1.07 bits per heavy atom. The van der Waals surface area contributed by atoms with Gasteiger partial charge in [-0.25, -0.2) is 4.98 Å². The highest BCUT2D eigenvalue weighted by Crippen LogP contribution is 2.28. The molecule has 0 aliphatic rings. The second-order valence-electron chi connectivity index (χ2n) is 6.67. The van der Waals surface area contributed by atoms with E-state index in [0.29, 0.717) is 0 Å². The minimum absolute atomic E-state index is 0.781. The number of H-pyrrole nitrogens is 1. The summed E-state index contributed by atoms with van der Waals surface area (Å²) in [6.07, 6.45) is 5.26. The molecule has 0 aliphatic heterocycles. The van der Waals surface area contributed by atoms with Gasteiger partial charge < -0.3 is 4.98 Å². The van der Waals surface area contributed by atoms with Crippen LogP contribution < -0.4 is 0 Å². The summed E-state index contributed by atoms with van der Waals surface area (Å²) in [7, 11) is 0. The molecule has 0 fully saturated rings. The van der Waals surface area contributed by atoms with Crippen molar-refractivity contribution in [1.82, 2.24) is 19.9 Å². The van der Waals surface area contributed by atoms with Gasteiger partial charge in [-0.2, -0.15) is 0 Å². The van der Waals surface area contributed by atoms with Gasteiger partial charge >= 0.3 is 0 Å². The van der Waals surface area contributed by atoms with Crippen LogP contribution in [0.25, 0.3) is 28.0 Å². The lowest BCUT2D eigenvalue weighted by Crippen LogP contribution is -1.98. The first kappa shape index (κ1) is 17.1. The molecule has 3 heterocycles. The molecule has 0 atom stereocenters. The predicted octanol–water partition coefficient (Wildman–Crippen LogP) is 4.88. The van der Waals surface area contributed by atoms with E-state index in [1.54, 1.807) is 6.08 Å². The second-order valence-corrected chi connectivity index (χ2v) is 6.67. The van der Waals surface area contributed by atoms with E-state index in [1.165, 1.54) is 0 Å². The minimum Gasteiger partial charge on any atom is -0.342 e. The molecular formula is C22H21N5. The molecule has 0 aliphatic carbocycles. The summed E-state index contributed by atoms with van der Waals surface area (Å²) < 4.78 is 0. The largest absolute Gasteiger partial charge is 0.342 e. The molecule has 134 valence electrons. The lowest BCUT2D eigenvalue weighted by molar-refractivity contribution is 0.865. The van der Waals surface area contributed by atoms with E-state index >= 15 is 0 Å². The molecule has 0 radical (unpaired) electrons. The molecule has 0 spiro atoms. The number of nitrogens with one attached hydrogen (secondary N) is 1. The van der Waals surface area contributed by atoms with Crippen molar-refractivity contribution in [3.8, 4) is 0 Å². The summed E-state index contributed by atoms with van der Waals surface area (Å²) in [6.45, 7) is 11.6. The van der Waals surface area contributed by atoms with E-state index in [0.717, 1.165) is 68.8 Å². The van der Waals surface area contributed by atoms with Gasteiger partial charge in [-0.3, -0.25) is 15.0 Å². The Balaban J connectivity index is 1.64. The molecule has 0 unspecified atom stereocenters. The van der Waals surface area contributed by atoms with Crippen LogP contribution in [-0.4, -0.2) is 26.7 Å². The second kappa shape index (κ2) is 6.76. The number of aromatic amines is 1. The number of fused-ring (bicyclic) bond motifs is 2. The lowest BCUT2D eigenvalue weighted by atomic mass is 10.1. The van der Waals surface area contributed by atoms with Crippen molar-refractivity contribution < 1.29 is 0 Å². The zero-order chi connectivity index (χ0) is 19.0. The molecule has 0 saturated heterocycles. The highest BCUT2D eigenvalue weighted by molar-refractivity contribution is 5.90. The Kier molecular flexibility index (Phi) is 4.28. The normalized spacial score (nSPS) is 11.2. The maximum atomic E-state index is 4.84. The molecule has 5 heteroatoms. The first-order valence-electron chi connectivity index (χ1n) is 8.93. The molecule has 4 aromatic rings. The molecule has 0 bridgehead atoms. The van der Waals surface area contributed by atoms with Gasteiger partial charge in [0.05, 0.1) is 22.2 Å². The first-order valence-corrected chi connectivity index (χ1v) is 8.93. The van der Waals surface area contributed by atoms with Crippen molar-refractivity contribution in [3.63, 3.8) is 0 Å². The quantitative estimate of drug-likeness (QED) is 0.519. The summed E-state index contributed by atoms with van der Waals surface area (Å²) in [5.41, 5.74) is 7.76. The Morgan fingerprint density at radius 2 is 1.93 bits per heavy atom. The highest BCUT2D eigenvalue weighted by atomic mass is 14.9. The molecule has 0 saturated carbocycles. The van der Waals surface area contributed by atoms with E-state index in [-0.39, 0.29) is 0 Å². The van der Waals surface area contributed by atoms with Crippen LogP contribution in [0.1, 0.15) is 28.3 Å². The maximum absolute atomic E-state index is 4.84. The van der Waals surface area contributed by atoms with Crippen LogP contribution in [0.5, 0.6) is 0 Å². The molecule has 5 nitrogen and oxygen atoms in total. The van der Waals surface area contributed by atoms with Crippen molar-refractivity contribution in [1.29, 1.82) is 0 Å². The fourth-order valence-corrected chi connectivity index (χ4v) is 3.40. The van der Waals surface area contributed by atoms with Crippen LogP contribution in [-0.2, 0) is 12.8 Å². The van der Waals surface area contributed by atoms with E-state index in [9.17, 15) is 0 Å². The molecule has 1 aromatic carbocycles. The zero-order valence-corrected chi connectivity index (χ0v) is 15.6. The summed E-state index contributed by atoms with van der Waals surface area (Å²) in [6, 6.07) is 8.10. The van der Waals surface area contributed by atoms with Crippen LogP contribution in [0.4, 0.5) is 5.69 Å². The number of imidazole rings is 1. The van der Waals surface area contributed by atoms with Gasteiger partial charge in [0.15, 0.2) is 0 Å². The molecule has 3 aromatic heterocycles. The Bertz CT molecular complexity index is 1190. The molecular weight excluding hydrogens is 334 g/mol. The summed E-state index contributed by atoms with van der Waals surface area (Å²) >= 11 is 0. The number of aliphatic imine (C=N–C) groups is 1. The monoisotopic (exact) mass is 355 g/mol. The van der Waals surface area contributed by atoms with Crippen molar-refractivity contribution >= 4 is 40.4 Å². The topological polar surface area (TPSA) is 66.8 Å². The van der Waals surface area contributed by atoms with Gasteiger partial charge in [0, 0.05) is 35.0 Å². The summed E-state index contributed by atoms with van der Waals surface area (Å²) in [5.74, 6) is 0.929. The van der Waals surface area contributed by atoms with Crippen LogP contribution in [0, 0.1) is 13.8 Å². The summed E-state index contributed by atoms with van der Waals surface area (Å²) in [5, 5.41) is 1.11. The number of pyridine rings is 2. The Hall–Kier alpha value is -3.34. The Morgan fingerprint density at radius 3 is 2.70 bits per heavy atom. The third kappa shape index (κ3) is 3.01. The zero-order valence-electron chi connectivity index (χ0n) is 15.6. The third-order valence-corrected chi connectivity index (χ3v) is 4.88. The van der Waals surface area contributed by atoms with Gasteiger partial charge in [0.2, 0.25) is 0 Å². The highest BCUT2D eigenvalue weighted by Gasteiger charge is 2.10. The lowest BCUT2D eigenvalue weighted by Gasteiger charge is -2.06. The van der Waals surface area contributed by atoms with Crippen molar-refractivity contribution in [2.45, 2.75) is 26.7 Å². The fourth-order valence-electron chi connectivity index (χ4n) is 3.40. The number of aryl methyl sites for hydroxylation is 4. The van der Waals surface area contributed by atoms with Crippen LogP contribution in [0.2, 0.25) is 0 Å². The number of rotatable bonds is 5. The number of hydrogen-bond donors (Lipinski definition) is 1. The molecule has 1 N–H and O–H groups in total. The maximum Gasteiger partial charge on any atom is 0.107 e. The van der Waals surface area contributed by atoms with Crippen molar-refractivity contribution in [3.05, 3.63) is 65.4 Å². The van der Waals surface area contributed by atoms with Gasteiger partial charge in [-0.05, 0) is 56.8 Å². The van der Waals surface area contributed by atoms with Crippen LogP contribution in [0.15, 0.2) is 42.0 Å². The van der Waals surface area contributed by atoms with Crippen molar-refractivity contribution in [2.24, 2.45) is 4.99 Å². The molecule has 0 amide bonds. The van der Waals surface area contributed by atoms with E-state index in [4.69, 9.17) is 9.97 Å². The average Bonchev–Trinajstić information content (AvgIpc) is 3.11. The fraction of sp³-hybridized carbons (Fsp3) is 0.182. The minimum atomic E-state index is 0.781. The van der Waals surface area contributed by atoms with E-state index < -0.39 is 0 Å². The predicted molar refractivity (Wildman–Crippen MR) is 112 cm³/mol. The van der Waals surface area contributed by atoms with Crippen LogP contribution >= 0.6 is 0 Å². The molecule has 4 rings (SSSR count). The van der Waals surface area contributed by atoms with Gasteiger partial charge in [0.1, 0.15) is 5.82 Å². The SMILES string of the molecule is C=Cc1c(N=C)ccc2[nH]c(CCc3ccc4c(C)ncc(C)c4n3)nc12. The van der Waals surface area contributed by atoms with Gasteiger partial charge in [0.25, 0.3) is 0 Å². The van der Waals surface area contributed by atoms with Crippen molar-refractivity contribution in [2.75, 3.05) is 0 Å². The number of aromatic nitrogens is 4. The third-order valence-electron chi connectivity index (χ3n) is 4.88. The van der Waals surface area contributed by atoms with Gasteiger partial charge in [-0.15, -0.1) is 0 Å². The number of benzene rings is 1. The standard InChI is InChI=1S/C22H21N5/c1-5-16-18(23-4)9-10-19-22(16)27-20(26-19)11-7-15-6-8-17-14(3)24-12-13(2)21(17)25-15/h5-6,8-10,12H,1,4,7,11H2,2-3H3,(H,26,27). The summed E-state index contributed by atoms with van der Waals surface area (Å²) in [4.78, 5) is 21.4. The smallest absolute Gasteiger partial charge is 0.107 e. The van der Waals surface area contributed by atoms with E-state index in [2.05, 4.69) is 40.4 Å². The number of nitrogens with zero attached hydrogens (tertiary/aromatic N) is 4. The average molecular weight is 355 g/mol. The Labute approximate surface area is 157 Å². The molecule has 27 heavy (non-hydrogen) atoms. The number of hydrogen-bond acceptors (Lipinski definition) is 4. The van der Waals surface area contributed by atoms with E-state index in [1.807, 2.05) is 32.2 Å². The first-order chi connectivity index (χ1) is 13.1. The van der Waals surface area contributed by atoms with Crippen LogP contribution in [0.3, 0.4) is 0 Å². The van der Waals surface area contributed by atoms with Gasteiger partial charge in [-0.1, -0.05) is 12.7 Å².